The quantitative estimate of drug-likeness (QED) is 0.518. The van der Waals surface area contributed by atoms with Gasteiger partial charge in [0.05, 0.1) is 10.5 Å². The van der Waals surface area contributed by atoms with E-state index in [0.29, 0.717) is 17.0 Å². The van der Waals surface area contributed by atoms with Gasteiger partial charge in [-0.3, -0.25) is 10.1 Å². The maximum Gasteiger partial charge on any atom is 0.276 e. The van der Waals surface area contributed by atoms with Crippen LogP contribution in [0.1, 0.15) is 11.1 Å². The van der Waals surface area contributed by atoms with Crippen LogP contribution < -0.4 is 4.74 Å². The van der Waals surface area contributed by atoms with Gasteiger partial charge in [-0.2, -0.15) is 0 Å². The second kappa shape index (κ2) is 5.57. The Kier molecular flexibility index (Phi) is 3.86. The molecule has 2 rings (SSSR count). The topological polar surface area (TPSA) is 70.2 Å². The molecule has 0 aliphatic rings. The lowest BCUT2D eigenvalue weighted by atomic mass is 10.1. The normalized spacial score (nSPS) is 10.2. The van der Waals surface area contributed by atoms with Crippen LogP contribution in [0.15, 0.2) is 37.0 Å². The van der Waals surface area contributed by atoms with Gasteiger partial charge < -0.3 is 4.74 Å². The fraction of sp³-hybridized carbons (Fsp3) is 0.0833. The highest BCUT2D eigenvalue weighted by Gasteiger charge is 2.16. The summed E-state index contributed by atoms with van der Waals surface area (Å²) >= 11 is 3.98. The van der Waals surface area contributed by atoms with E-state index in [0.717, 1.165) is 0 Å². The zero-order chi connectivity index (χ0) is 13.8. The Balaban J connectivity index is 2.27. The van der Waals surface area contributed by atoms with Crippen LogP contribution in [-0.4, -0.2) is 14.1 Å². The number of ether oxygens (including phenoxy) is 1. The van der Waals surface area contributed by atoms with E-state index in [-0.39, 0.29) is 12.3 Å². The Morgan fingerprint density at radius 3 is 2.89 bits per heavy atom. The van der Waals surface area contributed by atoms with E-state index in [1.165, 1.54) is 10.2 Å². The van der Waals surface area contributed by atoms with Crippen molar-refractivity contribution in [1.29, 1.82) is 0 Å². The molecule has 0 N–H and O–H groups in total. The van der Waals surface area contributed by atoms with Crippen molar-refractivity contribution in [3.05, 3.63) is 58.3 Å². The third-order valence-electron chi connectivity index (χ3n) is 2.52. The predicted octanol–water partition coefficient (Wildman–Crippen LogP) is 2.71. The largest absolute Gasteiger partial charge is 0.471 e. The molecule has 0 spiro atoms. The molecule has 0 saturated heterocycles. The number of rotatable bonds is 5. The molecule has 98 valence electrons. The van der Waals surface area contributed by atoms with Crippen molar-refractivity contribution < 1.29 is 9.66 Å². The molecule has 1 aromatic carbocycles. The summed E-state index contributed by atoms with van der Waals surface area (Å²) in [6.45, 7) is 3.69. The van der Waals surface area contributed by atoms with Crippen LogP contribution in [0.2, 0.25) is 0 Å². The molecule has 0 saturated carbocycles. The lowest BCUT2D eigenvalue weighted by Gasteiger charge is -2.07. The summed E-state index contributed by atoms with van der Waals surface area (Å²) in [5, 5.41) is 14.9. The smallest absolute Gasteiger partial charge is 0.276 e. The average Bonchev–Trinajstić information content (AvgIpc) is 2.81. The number of hydrogen-bond acceptors (Lipinski definition) is 5. The highest BCUT2D eigenvalue weighted by Crippen LogP contribution is 2.24. The molecule has 0 aliphatic heterocycles. The van der Waals surface area contributed by atoms with Crippen LogP contribution >= 0.6 is 12.8 Å². The summed E-state index contributed by atoms with van der Waals surface area (Å²) in [5.41, 5.74) is 1.14. The Hall–Kier alpha value is -2.28. The number of nitrogens with zero attached hydrogens (tertiary/aromatic N) is 3. The van der Waals surface area contributed by atoms with Crippen LogP contribution in [0, 0.1) is 10.1 Å². The van der Waals surface area contributed by atoms with Gasteiger partial charge in [-0.05, 0) is 18.4 Å². The number of hydrogen-bond donors (Lipinski definition) is 1. The third-order valence-corrected chi connectivity index (χ3v) is 2.74. The fourth-order valence-corrected chi connectivity index (χ4v) is 1.79. The fourth-order valence-electron chi connectivity index (χ4n) is 1.63. The molecule has 0 aliphatic carbocycles. The first-order valence-corrected chi connectivity index (χ1v) is 5.78. The van der Waals surface area contributed by atoms with E-state index >= 15 is 0 Å². The zero-order valence-corrected chi connectivity index (χ0v) is 10.8. The van der Waals surface area contributed by atoms with Crippen molar-refractivity contribution in [2.24, 2.45) is 0 Å². The number of nitro groups is 1. The van der Waals surface area contributed by atoms with Crippen LogP contribution in [0.5, 0.6) is 5.88 Å². The van der Waals surface area contributed by atoms with Gasteiger partial charge in [0.15, 0.2) is 0 Å². The van der Waals surface area contributed by atoms with Crippen molar-refractivity contribution >= 4 is 24.6 Å². The molecule has 0 amide bonds. The summed E-state index contributed by atoms with van der Waals surface area (Å²) in [6.07, 6.45) is 3.16. The Morgan fingerprint density at radius 1 is 1.53 bits per heavy atom. The molecule has 0 bridgehead atoms. The summed E-state index contributed by atoms with van der Waals surface area (Å²) in [5.74, 6) is 0.350. The van der Waals surface area contributed by atoms with Crippen molar-refractivity contribution in [3.63, 3.8) is 0 Å². The number of nitro benzene ring substituents is 1. The van der Waals surface area contributed by atoms with Gasteiger partial charge in [-0.1, -0.05) is 24.8 Å². The molecule has 6 nitrogen and oxygen atoms in total. The van der Waals surface area contributed by atoms with E-state index in [2.05, 4.69) is 24.5 Å². The van der Waals surface area contributed by atoms with Gasteiger partial charge in [0.2, 0.25) is 5.88 Å². The zero-order valence-electron chi connectivity index (χ0n) is 9.89. The Bertz CT molecular complexity index is 624. The first-order valence-electron chi connectivity index (χ1n) is 5.38. The van der Waals surface area contributed by atoms with E-state index in [9.17, 15) is 10.1 Å². The molecule has 0 atom stereocenters. The predicted molar refractivity (Wildman–Crippen MR) is 74.1 cm³/mol. The first-order chi connectivity index (χ1) is 9.11. The third kappa shape index (κ3) is 2.94. The number of benzene rings is 1. The van der Waals surface area contributed by atoms with Crippen LogP contribution in [0.4, 0.5) is 5.69 Å². The van der Waals surface area contributed by atoms with Gasteiger partial charge in [-0.25, -0.2) is 4.09 Å². The van der Waals surface area contributed by atoms with Gasteiger partial charge in [0, 0.05) is 18.3 Å². The van der Waals surface area contributed by atoms with E-state index in [1.807, 2.05) is 0 Å². The van der Waals surface area contributed by atoms with E-state index in [4.69, 9.17) is 4.74 Å². The maximum absolute atomic E-state index is 11.0. The first kappa shape index (κ1) is 13.2. The van der Waals surface area contributed by atoms with Crippen LogP contribution in [0.3, 0.4) is 0 Å². The SMILES string of the molecule is C=Cc1cccc([N+](=O)[O-])c1COc1ccn(S)n1. The summed E-state index contributed by atoms with van der Waals surface area (Å²) in [4.78, 5) is 10.5. The standard InChI is InChI=1S/C12H11N3O3S/c1-2-9-4-3-5-11(15(16)17)10(9)8-18-12-6-7-14(19)13-12/h2-7,19H,1,8H2. The molecular formula is C12H11N3O3S. The molecule has 1 aromatic heterocycles. The monoisotopic (exact) mass is 277 g/mol. The maximum atomic E-state index is 11.0. The molecule has 1 heterocycles. The van der Waals surface area contributed by atoms with Crippen molar-refractivity contribution in [2.45, 2.75) is 6.61 Å². The summed E-state index contributed by atoms with van der Waals surface area (Å²) < 4.78 is 6.71. The lowest BCUT2D eigenvalue weighted by molar-refractivity contribution is -0.385. The molecule has 7 heteroatoms. The van der Waals surface area contributed by atoms with Crippen molar-refractivity contribution in [3.8, 4) is 5.88 Å². The molecule has 0 unspecified atom stereocenters. The van der Waals surface area contributed by atoms with Crippen LogP contribution in [0.25, 0.3) is 6.08 Å². The van der Waals surface area contributed by atoms with E-state index < -0.39 is 4.92 Å². The summed E-state index contributed by atoms with van der Waals surface area (Å²) in [7, 11) is 0. The Labute approximate surface area is 115 Å². The van der Waals surface area contributed by atoms with Crippen molar-refractivity contribution in [2.75, 3.05) is 0 Å². The van der Waals surface area contributed by atoms with Gasteiger partial charge >= 0.3 is 0 Å². The minimum atomic E-state index is -0.442. The summed E-state index contributed by atoms with van der Waals surface area (Å²) in [6, 6.07) is 6.41. The second-order valence-corrected chi connectivity index (χ2v) is 4.08. The molecular weight excluding hydrogens is 266 g/mol. The lowest BCUT2D eigenvalue weighted by Crippen LogP contribution is -2.03. The highest BCUT2D eigenvalue weighted by atomic mass is 32.1. The molecule has 2 aromatic rings. The van der Waals surface area contributed by atoms with Crippen LogP contribution in [-0.2, 0) is 6.61 Å². The van der Waals surface area contributed by atoms with Gasteiger partial charge in [0.25, 0.3) is 5.69 Å². The van der Waals surface area contributed by atoms with Crippen molar-refractivity contribution in [1.82, 2.24) is 9.19 Å². The number of aromatic nitrogens is 2. The minimum absolute atomic E-state index is 0.00251. The highest BCUT2D eigenvalue weighted by molar-refractivity contribution is 7.78. The molecule has 0 radical (unpaired) electrons. The molecule has 19 heavy (non-hydrogen) atoms. The minimum Gasteiger partial charge on any atom is -0.471 e. The van der Waals surface area contributed by atoms with E-state index in [1.54, 1.807) is 30.5 Å². The second-order valence-electron chi connectivity index (χ2n) is 3.67. The Morgan fingerprint density at radius 2 is 2.32 bits per heavy atom. The number of thiol groups is 1. The molecule has 0 fully saturated rings. The van der Waals surface area contributed by atoms with Gasteiger partial charge in [-0.15, -0.1) is 5.10 Å². The van der Waals surface area contributed by atoms with Gasteiger partial charge in [0.1, 0.15) is 6.61 Å². The average molecular weight is 277 g/mol.